The number of aromatic nitrogens is 3. The van der Waals surface area contributed by atoms with E-state index in [0.29, 0.717) is 6.04 Å². The van der Waals surface area contributed by atoms with Crippen LogP contribution in [0.4, 0.5) is 5.69 Å². The highest BCUT2D eigenvalue weighted by atomic mass is 15.3. The van der Waals surface area contributed by atoms with Gasteiger partial charge in [0.1, 0.15) is 12.7 Å². The second-order valence-corrected chi connectivity index (χ2v) is 6.56. The maximum absolute atomic E-state index is 4.27. The molecule has 0 spiro atoms. The van der Waals surface area contributed by atoms with Crippen molar-refractivity contribution in [2.24, 2.45) is 0 Å². The van der Waals surface area contributed by atoms with E-state index < -0.39 is 0 Å². The second-order valence-electron chi connectivity index (χ2n) is 6.56. The Hall–Kier alpha value is -2.66. The number of piperidine rings is 1. The third-order valence-corrected chi connectivity index (χ3v) is 4.68. The zero-order valence-corrected chi connectivity index (χ0v) is 14.3. The fourth-order valence-electron chi connectivity index (χ4n) is 3.51. The molecular weight excluding hydrogens is 310 g/mol. The molecule has 1 aromatic heterocycles. The summed E-state index contributed by atoms with van der Waals surface area (Å²) >= 11 is 0. The van der Waals surface area contributed by atoms with Gasteiger partial charge in [0.2, 0.25) is 0 Å². The predicted octanol–water partition coefficient (Wildman–Crippen LogP) is 3.34. The second kappa shape index (κ2) is 7.49. The van der Waals surface area contributed by atoms with Crippen LogP contribution in [0.5, 0.6) is 0 Å². The summed E-state index contributed by atoms with van der Waals surface area (Å²) in [5.74, 6) is 0. The van der Waals surface area contributed by atoms with Crippen molar-refractivity contribution in [3.8, 4) is 5.69 Å². The van der Waals surface area contributed by atoms with Gasteiger partial charge in [0, 0.05) is 19.1 Å². The van der Waals surface area contributed by atoms with Gasteiger partial charge in [-0.2, -0.15) is 5.10 Å². The maximum Gasteiger partial charge on any atom is 0.138 e. The van der Waals surface area contributed by atoms with Crippen molar-refractivity contribution < 1.29 is 0 Å². The molecule has 2 heterocycles. The van der Waals surface area contributed by atoms with Crippen LogP contribution in [0.15, 0.2) is 67.3 Å². The van der Waals surface area contributed by atoms with E-state index in [9.17, 15) is 0 Å². The molecule has 0 bridgehead atoms. The molecule has 1 N–H and O–H groups in total. The topological polar surface area (TPSA) is 46.0 Å². The van der Waals surface area contributed by atoms with E-state index in [-0.39, 0.29) is 0 Å². The molecule has 128 valence electrons. The van der Waals surface area contributed by atoms with Crippen molar-refractivity contribution in [2.75, 3.05) is 18.4 Å². The first-order chi connectivity index (χ1) is 12.4. The van der Waals surface area contributed by atoms with E-state index >= 15 is 0 Å². The van der Waals surface area contributed by atoms with Crippen molar-refractivity contribution in [1.29, 1.82) is 0 Å². The smallest absolute Gasteiger partial charge is 0.138 e. The van der Waals surface area contributed by atoms with E-state index in [2.05, 4.69) is 68.8 Å². The lowest BCUT2D eigenvalue weighted by Crippen LogP contribution is -2.41. The van der Waals surface area contributed by atoms with E-state index in [1.807, 2.05) is 10.7 Å². The zero-order valence-electron chi connectivity index (χ0n) is 14.3. The minimum atomic E-state index is 0.446. The van der Waals surface area contributed by atoms with E-state index in [4.69, 9.17) is 0 Å². The molecule has 1 aliphatic heterocycles. The fraction of sp³-hybridized carbons (Fsp3) is 0.300. The molecule has 4 rings (SSSR count). The summed E-state index contributed by atoms with van der Waals surface area (Å²) in [6, 6.07) is 19.4. The van der Waals surface area contributed by atoms with Gasteiger partial charge in [0.05, 0.1) is 11.4 Å². The first-order valence-electron chi connectivity index (χ1n) is 8.85. The Balaban J connectivity index is 1.45. The molecule has 5 heteroatoms. The maximum atomic E-state index is 4.27. The Morgan fingerprint density at radius 2 is 1.88 bits per heavy atom. The number of likely N-dealkylation sites (tertiary alicyclic amines) is 1. The number of rotatable bonds is 5. The van der Waals surface area contributed by atoms with Crippen LogP contribution in [0, 0.1) is 0 Å². The largest absolute Gasteiger partial charge is 0.379 e. The van der Waals surface area contributed by atoms with E-state index in [0.717, 1.165) is 31.0 Å². The monoisotopic (exact) mass is 333 g/mol. The van der Waals surface area contributed by atoms with Gasteiger partial charge in [-0.25, -0.2) is 9.67 Å². The van der Waals surface area contributed by atoms with Gasteiger partial charge < -0.3 is 5.32 Å². The molecule has 3 aromatic rings. The number of hydrogen-bond acceptors (Lipinski definition) is 4. The summed E-state index contributed by atoms with van der Waals surface area (Å²) in [6.45, 7) is 3.24. The van der Waals surface area contributed by atoms with Crippen molar-refractivity contribution >= 4 is 5.69 Å². The van der Waals surface area contributed by atoms with Crippen molar-refractivity contribution in [3.63, 3.8) is 0 Å². The minimum Gasteiger partial charge on any atom is -0.379 e. The Kier molecular flexibility index (Phi) is 4.74. The fourth-order valence-corrected chi connectivity index (χ4v) is 3.51. The lowest BCUT2D eigenvalue weighted by molar-refractivity contribution is 0.208. The van der Waals surface area contributed by atoms with Crippen molar-refractivity contribution in [2.45, 2.75) is 25.4 Å². The molecule has 0 radical (unpaired) electrons. The molecule has 0 saturated carbocycles. The summed E-state index contributed by atoms with van der Waals surface area (Å²) in [5.41, 5.74) is 3.53. The number of anilines is 1. The number of nitrogens with zero attached hydrogens (tertiary/aromatic N) is 4. The number of para-hydroxylation sites is 2. The zero-order chi connectivity index (χ0) is 16.9. The van der Waals surface area contributed by atoms with Gasteiger partial charge in [-0.1, -0.05) is 42.5 Å². The van der Waals surface area contributed by atoms with Crippen LogP contribution in [0.3, 0.4) is 0 Å². The van der Waals surface area contributed by atoms with E-state index in [1.54, 1.807) is 12.7 Å². The first-order valence-corrected chi connectivity index (χ1v) is 8.85. The van der Waals surface area contributed by atoms with Crippen molar-refractivity contribution in [3.05, 3.63) is 72.8 Å². The highest BCUT2D eigenvalue weighted by molar-refractivity contribution is 5.61. The third kappa shape index (κ3) is 3.88. The minimum absolute atomic E-state index is 0.446. The van der Waals surface area contributed by atoms with E-state index in [1.165, 1.54) is 18.4 Å². The number of hydrogen-bond donors (Lipinski definition) is 1. The third-order valence-electron chi connectivity index (χ3n) is 4.68. The molecular formula is C20H23N5. The normalized spacial score (nSPS) is 18.2. The summed E-state index contributed by atoms with van der Waals surface area (Å²) < 4.78 is 1.81. The molecule has 0 aliphatic carbocycles. The van der Waals surface area contributed by atoms with Crippen LogP contribution in [0.25, 0.3) is 5.69 Å². The summed E-state index contributed by atoms with van der Waals surface area (Å²) in [5, 5.41) is 7.99. The van der Waals surface area contributed by atoms with Gasteiger partial charge in [-0.3, -0.25) is 4.90 Å². The molecule has 1 unspecified atom stereocenters. The quantitative estimate of drug-likeness (QED) is 0.778. The Morgan fingerprint density at radius 3 is 2.72 bits per heavy atom. The van der Waals surface area contributed by atoms with Crippen LogP contribution in [-0.4, -0.2) is 38.8 Å². The number of benzene rings is 2. The molecule has 1 aliphatic rings. The Labute approximate surface area is 148 Å². The van der Waals surface area contributed by atoms with Gasteiger partial charge in [-0.05, 0) is 37.1 Å². The van der Waals surface area contributed by atoms with Gasteiger partial charge in [0.25, 0.3) is 0 Å². The molecule has 1 saturated heterocycles. The highest BCUT2D eigenvalue weighted by Crippen LogP contribution is 2.23. The highest BCUT2D eigenvalue weighted by Gasteiger charge is 2.20. The van der Waals surface area contributed by atoms with Gasteiger partial charge in [0.15, 0.2) is 0 Å². The molecule has 1 fully saturated rings. The van der Waals surface area contributed by atoms with Gasteiger partial charge >= 0.3 is 0 Å². The molecule has 5 nitrogen and oxygen atoms in total. The van der Waals surface area contributed by atoms with Crippen LogP contribution >= 0.6 is 0 Å². The summed E-state index contributed by atoms with van der Waals surface area (Å²) in [6.07, 6.45) is 5.72. The Morgan fingerprint density at radius 1 is 1.04 bits per heavy atom. The predicted molar refractivity (Wildman–Crippen MR) is 99.7 cm³/mol. The number of nitrogens with one attached hydrogen (secondary N) is 1. The average Bonchev–Trinajstić information content (AvgIpc) is 3.18. The molecule has 0 amide bonds. The molecule has 25 heavy (non-hydrogen) atoms. The summed E-state index contributed by atoms with van der Waals surface area (Å²) in [4.78, 5) is 6.60. The standard InChI is InChI=1S/C20H23N5/c1-2-7-17(8-3-1)13-24-12-6-9-18(14-24)23-19-10-4-5-11-20(19)25-16-21-15-22-25/h1-5,7-8,10-11,15-16,18,23H,6,9,12-14H2. The van der Waals surface area contributed by atoms with Crippen molar-refractivity contribution in [1.82, 2.24) is 19.7 Å². The lowest BCUT2D eigenvalue weighted by Gasteiger charge is -2.34. The first kappa shape index (κ1) is 15.8. The van der Waals surface area contributed by atoms with Crippen LogP contribution in [-0.2, 0) is 6.54 Å². The molecule has 2 aromatic carbocycles. The van der Waals surface area contributed by atoms with Crippen LogP contribution in [0.2, 0.25) is 0 Å². The van der Waals surface area contributed by atoms with Crippen LogP contribution < -0.4 is 5.32 Å². The SMILES string of the molecule is c1ccc(CN2CCCC(Nc3ccccc3-n3cncn3)C2)cc1. The van der Waals surface area contributed by atoms with Crippen LogP contribution in [0.1, 0.15) is 18.4 Å². The Bertz CT molecular complexity index is 785. The van der Waals surface area contributed by atoms with Gasteiger partial charge in [-0.15, -0.1) is 0 Å². The molecule has 1 atom stereocenters. The summed E-state index contributed by atoms with van der Waals surface area (Å²) in [7, 11) is 0. The average molecular weight is 333 g/mol. The lowest BCUT2D eigenvalue weighted by atomic mass is 10.0.